The third-order valence-corrected chi connectivity index (χ3v) is 4.87. The van der Waals surface area contributed by atoms with E-state index < -0.39 is 0 Å². The maximum absolute atomic E-state index is 13.4. The Kier molecular flexibility index (Phi) is 7.45. The molecule has 7 nitrogen and oxygen atoms in total. The van der Waals surface area contributed by atoms with Crippen molar-refractivity contribution >= 4 is 53.7 Å². The molecule has 0 unspecified atom stereocenters. The van der Waals surface area contributed by atoms with Crippen molar-refractivity contribution in [3.05, 3.63) is 74.1 Å². The molecule has 0 amide bonds. The van der Waals surface area contributed by atoms with E-state index in [-0.39, 0.29) is 17.6 Å². The number of nitrogen functional groups attached to an aromatic ring is 1. The molecule has 0 saturated carbocycles. The van der Waals surface area contributed by atoms with Gasteiger partial charge in [-0.1, -0.05) is 31.9 Å². The van der Waals surface area contributed by atoms with Gasteiger partial charge in [-0.15, -0.1) is 20.4 Å². The van der Waals surface area contributed by atoms with Crippen molar-refractivity contribution in [2.75, 3.05) is 5.73 Å². The number of nitrogens with two attached hydrogens (primary N) is 1. The largest absolute Gasteiger partial charge is 0.366 e. The van der Waals surface area contributed by atoms with E-state index in [1.807, 2.05) is 0 Å². The summed E-state index contributed by atoms with van der Waals surface area (Å²) in [4.78, 5) is 7.64. The molecule has 2 aromatic heterocycles. The van der Waals surface area contributed by atoms with Crippen LogP contribution in [0.15, 0.2) is 62.5 Å². The van der Waals surface area contributed by atoms with Crippen LogP contribution in [0.2, 0.25) is 0 Å². The number of anilines is 1. The van der Waals surface area contributed by atoms with E-state index in [1.165, 1.54) is 24.5 Å². The first kappa shape index (κ1) is 22.2. The van der Waals surface area contributed by atoms with Crippen LogP contribution in [0.4, 0.5) is 14.7 Å². The van der Waals surface area contributed by atoms with Crippen LogP contribution in [0, 0.1) is 11.6 Å². The third-order valence-electron chi connectivity index (χ3n) is 3.52. The van der Waals surface area contributed by atoms with Gasteiger partial charge in [-0.3, -0.25) is 0 Å². The number of aromatic nitrogens is 6. The third kappa shape index (κ3) is 5.80. The molecule has 0 aliphatic carbocycles. The van der Waals surface area contributed by atoms with Crippen molar-refractivity contribution < 1.29 is 8.78 Å². The SMILES string of the molecule is Fc1ccc(Br)cc1-c1cnc(Br)nn1.Nc1ncc(-c2cc(Br)ccc2F)nn1. The standard InChI is InChI=1S/C9H4Br2FN3.C9H6BrFN4/c10-5-1-2-7(12)6(3-5)8-4-13-9(11)15-14-8;10-5-1-2-7(11)6(3-5)8-4-13-9(12)15-14-8/h1-4H;1-4H,(H2,12,13,15). The lowest BCUT2D eigenvalue weighted by atomic mass is 10.1. The van der Waals surface area contributed by atoms with E-state index in [9.17, 15) is 8.78 Å². The molecule has 4 rings (SSSR count). The number of hydrogen-bond acceptors (Lipinski definition) is 7. The number of benzene rings is 2. The minimum Gasteiger partial charge on any atom is -0.366 e. The summed E-state index contributed by atoms with van der Waals surface area (Å²) in [5.41, 5.74) is 6.74. The van der Waals surface area contributed by atoms with Crippen molar-refractivity contribution in [1.82, 2.24) is 30.4 Å². The molecule has 0 aliphatic rings. The normalized spacial score (nSPS) is 10.3. The zero-order chi connectivity index (χ0) is 21.7. The van der Waals surface area contributed by atoms with Gasteiger partial charge in [-0.05, 0) is 52.3 Å². The predicted octanol–water partition coefficient (Wildman–Crippen LogP) is 5.23. The summed E-state index contributed by atoms with van der Waals surface area (Å²) in [6.45, 7) is 0. The summed E-state index contributed by atoms with van der Waals surface area (Å²) in [6, 6.07) is 9.18. The van der Waals surface area contributed by atoms with Gasteiger partial charge in [0, 0.05) is 20.1 Å². The minimum atomic E-state index is -0.376. The van der Waals surface area contributed by atoms with Crippen LogP contribution < -0.4 is 5.73 Å². The number of nitrogens with zero attached hydrogens (tertiary/aromatic N) is 6. The summed E-state index contributed by atoms with van der Waals surface area (Å²) < 4.78 is 28.8. The lowest BCUT2D eigenvalue weighted by molar-refractivity contribution is 0.629. The molecule has 2 N–H and O–H groups in total. The highest BCUT2D eigenvalue weighted by Crippen LogP contribution is 2.24. The summed E-state index contributed by atoms with van der Waals surface area (Å²) in [6.07, 6.45) is 2.84. The second kappa shape index (κ2) is 10.0. The molecule has 0 aliphatic heterocycles. The summed E-state index contributed by atoms with van der Waals surface area (Å²) in [7, 11) is 0. The zero-order valence-corrected chi connectivity index (χ0v) is 19.5. The van der Waals surface area contributed by atoms with Crippen LogP contribution in [0.5, 0.6) is 0 Å². The minimum absolute atomic E-state index is 0.0640. The Hall–Kier alpha value is -2.44. The van der Waals surface area contributed by atoms with Crippen LogP contribution in [0.1, 0.15) is 0 Å². The molecular weight excluding hydrogens is 592 g/mol. The number of rotatable bonds is 2. The Labute approximate surface area is 194 Å². The van der Waals surface area contributed by atoms with Crippen molar-refractivity contribution in [2.24, 2.45) is 0 Å². The van der Waals surface area contributed by atoms with Gasteiger partial charge in [-0.25, -0.2) is 18.7 Å². The van der Waals surface area contributed by atoms with Gasteiger partial charge >= 0.3 is 0 Å². The van der Waals surface area contributed by atoms with Crippen LogP contribution in [0.3, 0.4) is 0 Å². The van der Waals surface area contributed by atoms with Crippen molar-refractivity contribution in [3.8, 4) is 22.5 Å². The van der Waals surface area contributed by atoms with E-state index >= 15 is 0 Å². The summed E-state index contributed by atoms with van der Waals surface area (Å²) in [5.74, 6) is -0.662. The lowest BCUT2D eigenvalue weighted by Gasteiger charge is -2.01. The number of halogens is 5. The first-order valence-electron chi connectivity index (χ1n) is 8.05. The Balaban J connectivity index is 0.000000171. The van der Waals surface area contributed by atoms with Gasteiger partial charge in [0.05, 0.1) is 12.4 Å². The predicted molar refractivity (Wildman–Crippen MR) is 118 cm³/mol. The second-order valence-corrected chi connectivity index (χ2v) is 8.10. The summed E-state index contributed by atoms with van der Waals surface area (Å²) >= 11 is 9.57. The van der Waals surface area contributed by atoms with Crippen LogP contribution in [-0.2, 0) is 0 Å². The maximum atomic E-state index is 13.4. The lowest BCUT2D eigenvalue weighted by Crippen LogP contribution is -1.98. The highest BCUT2D eigenvalue weighted by molar-refractivity contribution is 9.11. The number of hydrogen-bond donors (Lipinski definition) is 1. The molecule has 0 fully saturated rings. The van der Waals surface area contributed by atoms with Gasteiger partial charge in [0.15, 0.2) is 0 Å². The van der Waals surface area contributed by atoms with E-state index in [0.29, 0.717) is 27.2 Å². The quantitative estimate of drug-likeness (QED) is 0.336. The Bertz CT molecular complexity index is 1070. The van der Waals surface area contributed by atoms with Crippen LogP contribution in [-0.4, -0.2) is 30.4 Å². The Morgan fingerprint density at radius 2 is 1.17 bits per heavy atom. The molecule has 12 heteroatoms. The monoisotopic (exact) mass is 599 g/mol. The van der Waals surface area contributed by atoms with Gasteiger partial charge < -0.3 is 5.73 Å². The average Bonchev–Trinajstić information content (AvgIpc) is 2.73. The highest BCUT2D eigenvalue weighted by Gasteiger charge is 2.09. The molecule has 2 heterocycles. The van der Waals surface area contributed by atoms with Gasteiger partial charge in [0.1, 0.15) is 23.0 Å². The Morgan fingerprint density at radius 1 is 0.667 bits per heavy atom. The van der Waals surface area contributed by atoms with E-state index in [2.05, 4.69) is 78.2 Å². The molecule has 0 spiro atoms. The molecule has 0 radical (unpaired) electrons. The molecule has 152 valence electrons. The van der Waals surface area contributed by atoms with Gasteiger partial charge in [-0.2, -0.15) is 0 Å². The molecule has 30 heavy (non-hydrogen) atoms. The molecular formula is C18H10Br3F2N7. The van der Waals surface area contributed by atoms with Crippen molar-refractivity contribution in [1.29, 1.82) is 0 Å². The molecule has 4 aromatic rings. The fourth-order valence-electron chi connectivity index (χ4n) is 2.18. The molecule has 2 aromatic carbocycles. The van der Waals surface area contributed by atoms with Gasteiger partial charge in [0.25, 0.3) is 0 Å². The molecule has 0 atom stereocenters. The van der Waals surface area contributed by atoms with Crippen LogP contribution >= 0.6 is 47.8 Å². The maximum Gasteiger partial charge on any atom is 0.240 e. The smallest absolute Gasteiger partial charge is 0.240 e. The van der Waals surface area contributed by atoms with Gasteiger partial charge in [0.2, 0.25) is 10.7 Å². The van der Waals surface area contributed by atoms with Crippen molar-refractivity contribution in [2.45, 2.75) is 0 Å². The molecule has 0 saturated heterocycles. The second-order valence-electron chi connectivity index (χ2n) is 5.56. The van der Waals surface area contributed by atoms with E-state index in [0.717, 1.165) is 8.95 Å². The van der Waals surface area contributed by atoms with Crippen molar-refractivity contribution in [3.63, 3.8) is 0 Å². The summed E-state index contributed by atoms with van der Waals surface area (Å²) in [5, 5.41) is 14.8. The molecule has 0 bridgehead atoms. The zero-order valence-electron chi connectivity index (χ0n) is 14.8. The van der Waals surface area contributed by atoms with Crippen LogP contribution in [0.25, 0.3) is 22.5 Å². The highest BCUT2D eigenvalue weighted by atomic mass is 79.9. The fraction of sp³-hybridized carbons (Fsp3) is 0. The Morgan fingerprint density at radius 3 is 1.60 bits per heavy atom. The first-order chi connectivity index (χ1) is 14.3. The average molecular weight is 602 g/mol. The van der Waals surface area contributed by atoms with E-state index in [1.54, 1.807) is 24.3 Å². The first-order valence-corrected chi connectivity index (χ1v) is 10.4. The topological polar surface area (TPSA) is 103 Å². The van der Waals surface area contributed by atoms with E-state index in [4.69, 9.17) is 5.73 Å². The fourth-order valence-corrected chi connectivity index (χ4v) is 3.08.